The molecule has 7 aromatic rings. The van der Waals surface area contributed by atoms with Crippen LogP contribution in [-0.4, -0.2) is 0 Å². The highest BCUT2D eigenvalue weighted by molar-refractivity contribution is 7.99. The molecule has 0 unspecified atom stereocenters. The maximum Gasteiger partial charge on any atom is 0.136 e. The van der Waals surface area contributed by atoms with Crippen LogP contribution in [0.3, 0.4) is 0 Å². The molecule has 0 bridgehead atoms. The number of thiophene rings is 1. The van der Waals surface area contributed by atoms with Crippen molar-refractivity contribution in [3.8, 4) is 32.0 Å². The van der Waals surface area contributed by atoms with Gasteiger partial charge in [-0.3, -0.25) is 0 Å². The van der Waals surface area contributed by atoms with Crippen molar-refractivity contribution >= 4 is 55.8 Å². The number of para-hydroxylation sites is 1. The molecule has 0 N–H and O–H groups in total. The summed E-state index contributed by atoms with van der Waals surface area (Å²) >= 11 is 3.71. The van der Waals surface area contributed by atoms with Gasteiger partial charge in [0.05, 0.1) is 0 Å². The quantitative estimate of drug-likeness (QED) is 0.243. The molecule has 0 amide bonds. The summed E-state index contributed by atoms with van der Waals surface area (Å²) in [6.07, 6.45) is 0. The molecular weight excluding hydrogens is 464 g/mol. The number of benzene rings is 5. The van der Waals surface area contributed by atoms with E-state index in [-0.39, 0.29) is 0 Å². The van der Waals surface area contributed by atoms with Gasteiger partial charge in [-0.2, -0.15) is 0 Å². The third-order valence-electron chi connectivity index (χ3n) is 6.91. The van der Waals surface area contributed by atoms with Crippen molar-refractivity contribution in [2.75, 3.05) is 0 Å². The molecule has 0 fully saturated rings. The van der Waals surface area contributed by atoms with E-state index >= 15 is 0 Å². The number of furan rings is 1. The molecule has 164 valence electrons. The van der Waals surface area contributed by atoms with E-state index in [4.69, 9.17) is 4.42 Å². The summed E-state index contributed by atoms with van der Waals surface area (Å²) in [7, 11) is 0. The molecule has 35 heavy (non-hydrogen) atoms. The van der Waals surface area contributed by atoms with Gasteiger partial charge < -0.3 is 4.42 Å². The molecule has 1 aliphatic heterocycles. The summed E-state index contributed by atoms with van der Waals surface area (Å²) < 4.78 is 6.13. The van der Waals surface area contributed by atoms with Crippen LogP contribution in [0, 0.1) is 0 Å². The third-order valence-corrected chi connectivity index (χ3v) is 9.23. The Kier molecular flexibility index (Phi) is 4.10. The van der Waals surface area contributed by atoms with E-state index in [1.807, 2.05) is 35.2 Å². The Balaban J connectivity index is 1.22. The fourth-order valence-electron chi connectivity index (χ4n) is 5.24. The molecule has 0 radical (unpaired) electrons. The highest BCUT2D eigenvalue weighted by atomic mass is 32.2. The summed E-state index contributed by atoms with van der Waals surface area (Å²) in [5.41, 5.74) is 7.00. The lowest BCUT2D eigenvalue weighted by atomic mass is 9.96. The minimum Gasteiger partial charge on any atom is -0.456 e. The molecule has 0 atom stereocenters. The largest absolute Gasteiger partial charge is 0.456 e. The normalized spacial score (nSPS) is 12.5. The zero-order valence-corrected chi connectivity index (χ0v) is 20.3. The Bertz CT molecular complexity index is 1930. The highest BCUT2D eigenvalue weighted by Crippen LogP contribution is 2.49. The van der Waals surface area contributed by atoms with Gasteiger partial charge in [0.25, 0.3) is 0 Å². The molecule has 8 rings (SSSR count). The molecule has 2 aromatic heterocycles. The van der Waals surface area contributed by atoms with Crippen molar-refractivity contribution < 1.29 is 4.42 Å². The first-order valence-electron chi connectivity index (χ1n) is 11.7. The van der Waals surface area contributed by atoms with Crippen molar-refractivity contribution in [1.29, 1.82) is 0 Å². The average Bonchev–Trinajstić information content (AvgIpc) is 3.54. The van der Waals surface area contributed by atoms with E-state index in [9.17, 15) is 0 Å². The topological polar surface area (TPSA) is 13.1 Å². The van der Waals surface area contributed by atoms with Gasteiger partial charge in [0.15, 0.2) is 0 Å². The number of hydrogen-bond acceptors (Lipinski definition) is 3. The first kappa shape index (κ1) is 19.5. The molecule has 0 spiro atoms. The van der Waals surface area contributed by atoms with Crippen LogP contribution in [0.25, 0.3) is 64.7 Å². The zero-order valence-electron chi connectivity index (χ0n) is 18.6. The molecule has 0 saturated carbocycles. The van der Waals surface area contributed by atoms with Crippen LogP contribution in [0.5, 0.6) is 0 Å². The van der Waals surface area contributed by atoms with Crippen LogP contribution in [0.4, 0.5) is 0 Å². The predicted octanol–water partition coefficient (Wildman–Crippen LogP) is 10.3. The second-order valence-electron chi connectivity index (χ2n) is 8.95. The molecule has 1 aliphatic rings. The van der Waals surface area contributed by atoms with Gasteiger partial charge in [-0.1, -0.05) is 72.4 Å². The minimum atomic E-state index is 0.940. The lowest BCUT2D eigenvalue weighted by molar-refractivity contribution is 0.669. The predicted molar refractivity (Wildman–Crippen MR) is 150 cm³/mol. The fourth-order valence-corrected chi connectivity index (χ4v) is 7.37. The van der Waals surface area contributed by atoms with Crippen LogP contribution in [0.2, 0.25) is 0 Å². The van der Waals surface area contributed by atoms with E-state index in [2.05, 4.69) is 97.1 Å². The Morgan fingerprint density at radius 3 is 2.20 bits per heavy atom. The molecule has 1 nitrogen and oxygen atoms in total. The van der Waals surface area contributed by atoms with Crippen LogP contribution in [-0.2, 0) is 0 Å². The van der Waals surface area contributed by atoms with E-state index in [1.165, 1.54) is 63.3 Å². The molecular formula is C32H18OS2. The van der Waals surface area contributed by atoms with Crippen molar-refractivity contribution in [1.82, 2.24) is 0 Å². The molecule has 0 aliphatic carbocycles. The average molecular weight is 483 g/mol. The first-order chi connectivity index (χ1) is 17.3. The van der Waals surface area contributed by atoms with E-state index in [0.717, 1.165) is 11.2 Å². The van der Waals surface area contributed by atoms with Gasteiger partial charge in [-0.15, -0.1) is 11.3 Å². The Morgan fingerprint density at radius 1 is 0.514 bits per heavy atom. The van der Waals surface area contributed by atoms with Gasteiger partial charge in [0.1, 0.15) is 11.2 Å². The maximum atomic E-state index is 6.13. The van der Waals surface area contributed by atoms with Crippen molar-refractivity contribution in [2.24, 2.45) is 0 Å². The Hall–Kier alpha value is -3.79. The van der Waals surface area contributed by atoms with Gasteiger partial charge in [0.2, 0.25) is 0 Å². The summed E-state index contributed by atoms with van der Waals surface area (Å²) in [5, 5.41) is 5.02. The molecule has 3 heterocycles. The molecule has 3 heteroatoms. The maximum absolute atomic E-state index is 6.13. The lowest BCUT2D eigenvalue weighted by Crippen LogP contribution is -1.93. The number of fused-ring (bicyclic) bond motifs is 5. The Labute approximate surface area is 210 Å². The van der Waals surface area contributed by atoms with Crippen LogP contribution < -0.4 is 0 Å². The Morgan fingerprint density at radius 2 is 1.29 bits per heavy atom. The summed E-state index contributed by atoms with van der Waals surface area (Å²) in [6.45, 7) is 0. The summed E-state index contributed by atoms with van der Waals surface area (Å²) in [4.78, 5) is 5.20. The fraction of sp³-hybridized carbons (Fsp3) is 0. The summed E-state index contributed by atoms with van der Waals surface area (Å²) in [5.74, 6) is 0. The van der Waals surface area contributed by atoms with Crippen molar-refractivity contribution in [2.45, 2.75) is 9.79 Å². The SMILES string of the molecule is c1cc2c3c(cccc3c1)-c1cc(-c3ccc(-c4ccc5c(c4)oc4ccccc45)s3)ccc1S2. The zero-order chi connectivity index (χ0) is 22.9. The van der Waals surface area contributed by atoms with Crippen molar-refractivity contribution in [3.05, 3.63) is 109 Å². The standard InChI is InChI=1S/C32H18OS2/c1-2-9-26-22(7-1)23-13-11-21(18-27(23)33-26)29-16-15-28(34-29)20-12-14-30-25(17-20)24-8-3-5-19-6-4-10-31(35-30)32(19)24/h1-18H. The van der Waals surface area contributed by atoms with Crippen LogP contribution in [0.1, 0.15) is 0 Å². The van der Waals surface area contributed by atoms with Gasteiger partial charge in [-0.25, -0.2) is 0 Å². The number of hydrogen-bond donors (Lipinski definition) is 0. The number of rotatable bonds is 2. The molecule has 5 aromatic carbocycles. The van der Waals surface area contributed by atoms with Crippen LogP contribution >= 0.6 is 23.1 Å². The third kappa shape index (κ3) is 2.95. The minimum absolute atomic E-state index is 0.940. The van der Waals surface area contributed by atoms with E-state index in [0.29, 0.717) is 0 Å². The van der Waals surface area contributed by atoms with Gasteiger partial charge in [0, 0.05) is 35.7 Å². The summed E-state index contributed by atoms with van der Waals surface area (Å²) in [6, 6.07) is 39.4. The molecule has 0 saturated heterocycles. The second kappa shape index (κ2) is 7.35. The van der Waals surface area contributed by atoms with Crippen molar-refractivity contribution in [3.63, 3.8) is 0 Å². The highest BCUT2D eigenvalue weighted by Gasteiger charge is 2.20. The van der Waals surface area contributed by atoms with E-state index < -0.39 is 0 Å². The van der Waals surface area contributed by atoms with Gasteiger partial charge >= 0.3 is 0 Å². The smallest absolute Gasteiger partial charge is 0.136 e. The monoisotopic (exact) mass is 482 g/mol. The lowest BCUT2D eigenvalue weighted by Gasteiger charge is -2.20. The van der Waals surface area contributed by atoms with Gasteiger partial charge in [-0.05, 0) is 76.2 Å². The van der Waals surface area contributed by atoms with Crippen LogP contribution in [0.15, 0.2) is 123 Å². The second-order valence-corrected chi connectivity index (χ2v) is 11.1. The van der Waals surface area contributed by atoms with E-state index in [1.54, 1.807) is 0 Å². The first-order valence-corrected chi connectivity index (χ1v) is 13.3.